The van der Waals surface area contributed by atoms with E-state index >= 15 is 0 Å². The lowest BCUT2D eigenvalue weighted by atomic mass is 10.0. The normalized spacial score (nSPS) is 22.6. The fourth-order valence-electron chi connectivity index (χ4n) is 1.45. The molecule has 1 aliphatic heterocycles. The van der Waals surface area contributed by atoms with E-state index in [1.165, 1.54) is 0 Å². The number of alkyl carbamates (subject to hydrolysis) is 1. The number of cyclic esters (lactones) is 1. The SMILES string of the molecule is O=C1N[C@H]([C@@H](O)c2ccccc2)CO1. The molecule has 1 heterocycles. The maximum absolute atomic E-state index is 10.7. The first-order chi connectivity index (χ1) is 6.77. The molecule has 0 radical (unpaired) electrons. The van der Waals surface area contributed by atoms with E-state index in [9.17, 15) is 9.90 Å². The number of ether oxygens (including phenoxy) is 1. The molecule has 1 aromatic carbocycles. The van der Waals surface area contributed by atoms with Gasteiger partial charge in [-0.25, -0.2) is 4.79 Å². The van der Waals surface area contributed by atoms with Crippen molar-refractivity contribution < 1.29 is 14.6 Å². The molecule has 2 atom stereocenters. The number of aliphatic hydroxyl groups excluding tert-OH is 1. The number of nitrogens with one attached hydrogen (secondary N) is 1. The Morgan fingerprint density at radius 3 is 2.71 bits per heavy atom. The highest BCUT2D eigenvalue weighted by Crippen LogP contribution is 2.18. The fraction of sp³-hybridized carbons (Fsp3) is 0.300. The zero-order valence-electron chi connectivity index (χ0n) is 7.51. The summed E-state index contributed by atoms with van der Waals surface area (Å²) in [4.78, 5) is 10.7. The molecule has 1 saturated heterocycles. The summed E-state index contributed by atoms with van der Waals surface area (Å²) in [7, 11) is 0. The molecule has 1 amide bonds. The van der Waals surface area contributed by atoms with E-state index in [2.05, 4.69) is 5.32 Å². The van der Waals surface area contributed by atoms with Crippen LogP contribution in [0.2, 0.25) is 0 Å². The second kappa shape index (κ2) is 3.67. The molecule has 0 spiro atoms. The summed E-state index contributed by atoms with van der Waals surface area (Å²) in [5.74, 6) is 0. The second-order valence-corrected chi connectivity index (χ2v) is 3.20. The van der Waals surface area contributed by atoms with Crippen molar-refractivity contribution in [1.29, 1.82) is 0 Å². The molecule has 14 heavy (non-hydrogen) atoms. The van der Waals surface area contributed by atoms with Crippen molar-refractivity contribution in [2.24, 2.45) is 0 Å². The Bertz CT molecular complexity index is 325. The van der Waals surface area contributed by atoms with Gasteiger partial charge in [0.25, 0.3) is 0 Å². The van der Waals surface area contributed by atoms with Crippen LogP contribution in [0.4, 0.5) is 4.79 Å². The van der Waals surface area contributed by atoms with Crippen molar-refractivity contribution in [3.05, 3.63) is 35.9 Å². The molecule has 0 aliphatic carbocycles. The third-order valence-corrected chi connectivity index (χ3v) is 2.22. The molecule has 74 valence electrons. The molecule has 0 aromatic heterocycles. The lowest BCUT2D eigenvalue weighted by Crippen LogP contribution is -2.32. The predicted molar refractivity (Wildman–Crippen MR) is 49.7 cm³/mol. The first kappa shape index (κ1) is 9.02. The number of hydrogen-bond acceptors (Lipinski definition) is 3. The highest BCUT2D eigenvalue weighted by atomic mass is 16.6. The molecule has 2 N–H and O–H groups in total. The van der Waals surface area contributed by atoms with Gasteiger partial charge < -0.3 is 15.2 Å². The van der Waals surface area contributed by atoms with Crippen molar-refractivity contribution in [2.75, 3.05) is 6.61 Å². The summed E-state index contributed by atoms with van der Waals surface area (Å²) in [5.41, 5.74) is 0.781. The van der Waals surface area contributed by atoms with Gasteiger partial charge in [0.05, 0.1) is 6.04 Å². The number of carbonyl (C=O) groups excluding carboxylic acids is 1. The number of aliphatic hydroxyl groups is 1. The topological polar surface area (TPSA) is 58.6 Å². The van der Waals surface area contributed by atoms with E-state index in [0.717, 1.165) is 5.56 Å². The summed E-state index contributed by atoms with van der Waals surface area (Å²) < 4.78 is 4.70. The van der Waals surface area contributed by atoms with E-state index in [1.54, 1.807) is 0 Å². The van der Waals surface area contributed by atoms with Gasteiger partial charge in [-0.3, -0.25) is 0 Å². The van der Waals surface area contributed by atoms with E-state index in [-0.39, 0.29) is 12.6 Å². The molecule has 2 rings (SSSR count). The largest absolute Gasteiger partial charge is 0.447 e. The highest BCUT2D eigenvalue weighted by Gasteiger charge is 2.29. The predicted octanol–water partition coefficient (Wildman–Crippen LogP) is 0.828. The lowest BCUT2D eigenvalue weighted by molar-refractivity contribution is 0.125. The molecule has 4 nitrogen and oxygen atoms in total. The van der Waals surface area contributed by atoms with E-state index in [1.807, 2.05) is 30.3 Å². The van der Waals surface area contributed by atoms with Crippen LogP contribution in [0.1, 0.15) is 11.7 Å². The van der Waals surface area contributed by atoms with Gasteiger partial charge in [0.2, 0.25) is 0 Å². The first-order valence-corrected chi connectivity index (χ1v) is 4.43. The molecule has 1 fully saturated rings. The first-order valence-electron chi connectivity index (χ1n) is 4.43. The molecule has 1 aromatic rings. The monoisotopic (exact) mass is 193 g/mol. The third kappa shape index (κ3) is 1.70. The van der Waals surface area contributed by atoms with Gasteiger partial charge >= 0.3 is 6.09 Å². The smallest absolute Gasteiger partial charge is 0.407 e. The van der Waals surface area contributed by atoms with Crippen molar-refractivity contribution >= 4 is 6.09 Å². The zero-order valence-corrected chi connectivity index (χ0v) is 7.51. The van der Waals surface area contributed by atoms with Gasteiger partial charge in [0.1, 0.15) is 12.7 Å². The average Bonchev–Trinajstić information content (AvgIpc) is 2.65. The zero-order chi connectivity index (χ0) is 9.97. The lowest BCUT2D eigenvalue weighted by Gasteiger charge is -2.15. The Morgan fingerprint density at radius 2 is 2.14 bits per heavy atom. The Morgan fingerprint density at radius 1 is 1.43 bits per heavy atom. The van der Waals surface area contributed by atoms with E-state index in [0.29, 0.717) is 0 Å². The minimum atomic E-state index is -0.706. The van der Waals surface area contributed by atoms with Gasteiger partial charge in [0, 0.05) is 0 Å². The summed E-state index contributed by atoms with van der Waals surface area (Å²) in [6.45, 7) is 0.217. The number of rotatable bonds is 2. The summed E-state index contributed by atoms with van der Waals surface area (Å²) in [5, 5.41) is 12.4. The quantitative estimate of drug-likeness (QED) is 0.731. The third-order valence-electron chi connectivity index (χ3n) is 2.22. The number of carbonyl (C=O) groups is 1. The Balaban J connectivity index is 2.09. The summed E-state index contributed by atoms with van der Waals surface area (Å²) in [6, 6.07) is 8.85. The highest BCUT2D eigenvalue weighted by molar-refractivity contribution is 5.69. The number of amides is 1. The molecule has 0 bridgehead atoms. The van der Waals surface area contributed by atoms with Crippen LogP contribution in [0, 0.1) is 0 Å². The van der Waals surface area contributed by atoms with Crippen LogP contribution in [-0.4, -0.2) is 23.8 Å². The minimum absolute atomic E-state index is 0.217. The van der Waals surface area contributed by atoms with Crippen LogP contribution in [0.5, 0.6) is 0 Å². The van der Waals surface area contributed by atoms with E-state index in [4.69, 9.17) is 4.74 Å². The maximum Gasteiger partial charge on any atom is 0.407 e. The summed E-state index contributed by atoms with van der Waals surface area (Å²) in [6.07, 6.45) is -1.17. The van der Waals surface area contributed by atoms with E-state index < -0.39 is 12.2 Å². The molecular weight excluding hydrogens is 182 g/mol. The number of benzene rings is 1. The summed E-state index contributed by atoms with van der Waals surface area (Å²) >= 11 is 0. The van der Waals surface area contributed by atoms with Gasteiger partial charge in [-0.2, -0.15) is 0 Å². The minimum Gasteiger partial charge on any atom is -0.447 e. The maximum atomic E-state index is 10.7. The average molecular weight is 193 g/mol. The van der Waals surface area contributed by atoms with Crippen LogP contribution in [0.3, 0.4) is 0 Å². The molecular formula is C10H11NO3. The van der Waals surface area contributed by atoms with Crippen LogP contribution in [0.25, 0.3) is 0 Å². The number of hydrogen-bond donors (Lipinski definition) is 2. The van der Waals surface area contributed by atoms with Crippen molar-refractivity contribution in [3.8, 4) is 0 Å². The van der Waals surface area contributed by atoms with Crippen molar-refractivity contribution in [1.82, 2.24) is 5.32 Å². The van der Waals surface area contributed by atoms with Crippen LogP contribution >= 0.6 is 0 Å². The Hall–Kier alpha value is -1.55. The molecule has 4 heteroatoms. The van der Waals surface area contributed by atoms with Crippen LogP contribution in [0.15, 0.2) is 30.3 Å². The van der Waals surface area contributed by atoms with Gasteiger partial charge in [-0.1, -0.05) is 30.3 Å². The molecule has 0 unspecified atom stereocenters. The molecule has 1 aliphatic rings. The van der Waals surface area contributed by atoms with Gasteiger partial charge in [-0.15, -0.1) is 0 Å². The standard InChI is InChI=1S/C10H11NO3/c12-9(7-4-2-1-3-5-7)8-6-14-10(13)11-8/h1-5,8-9,12H,6H2,(H,11,13)/t8-,9-/m0/s1. The fourth-order valence-corrected chi connectivity index (χ4v) is 1.45. The van der Waals surface area contributed by atoms with Crippen molar-refractivity contribution in [3.63, 3.8) is 0 Å². The van der Waals surface area contributed by atoms with Crippen LogP contribution in [-0.2, 0) is 4.74 Å². The second-order valence-electron chi connectivity index (χ2n) is 3.20. The Labute approximate surface area is 81.5 Å². The Kier molecular flexibility index (Phi) is 2.37. The van der Waals surface area contributed by atoms with Crippen LogP contribution < -0.4 is 5.32 Å². The molecule has 0 saturated carbocycles. The van der Waals surface area contributed by atoms with Gasteiger partial charge in [-0.05, 0) is 5.56 Å². The van der Waals surface area contributed by atoms with Crippen molar-refractivity contribution in [2.45, 2.75) is 12.1 Å². The van der Waals surface area contributed by atoms with Gasteiger partial charge in [0.15, 0.2) is 0 Å².